The van der Waals surface area contributed by atoms with Crippen LogP contribution in [0.5, 0.6) is 0 Å². The summed E-state index contributed by atoms with van der Waals surface area (Å²) in [5.74, 6) is 0. The fourth-order valence-corrected chi connectivity index (χ4v) is 8.74. The molecule has 0 saturated carbocycles. The molecule has 0 saturated heterocycles. The van der Waals surface area contributed by atoms with Crippen molar-refractivity contribution in [3.8, 4) is 17.4 Å². The molecule has 11 rings (SSSR count). The van der Waals surface area contributed by atoms with Crippen LogP contribution in [0.1, 0.15) is 5.56 Å². The molecule has 0 aliphatic heterocycles. The molecule has 4 nitrogen and oxygen atoms in total. The molecule has 0 amide bonds. The van der Waals surface area contributed by atoms with Crippen molar-refractivity contribution in [2.24, 2.45) is 0 Å². The summed E-state index contributed by atoms with van der Waals surface area (Å²) in [5.41, 5.74) is 6.33. The average molecular weight is 659 g/mol. The third kappa shape index (κ3) is 3.73. The molecule has 0 bridgehead atoms. The number of fused-ring (bicyclic) bond motifs is 14. The quantitative estimate of drug-likeness (QED) is 0.170. The van der Waals surface area contributed by atoms with E-state index in [-0.39, 0.29) is 0 Å². The zero-order valence-electron chi connectivity index (χ0n) is 27.8. The van der Waals surface area contributed by atoms with E-state index in [0.29, 0.717) is 22.6 Å². The van der Waals surface area contributed by atoms with E-state index in [9.17, 15) is 5.26 Å². The van der Waals surface area contributed by atoms with Crippen LogP contribution >= 0.6 is 0 Å². The molecule has 9 aromatic carbocycles. The normalized spacial score (nSPS) is 11.8. The van der Waals surface area contributed by atoms with Gasteiger partial charge in [0.05, 0.1) is 51.6 Å². The topological polar surface area (TPSA) is 38.0 Å². The Bertz CT molecular complexity index is 3040. The van der Waals surface area contributed by atoms with Gasteiger partial charge < -0.3 is 9.13 Å². The van der Waals surface area contributed by atoms with Crippen molar-refractivity contribution >= 4 is 92.4 Å². The van der Waals surface area contributed by atoms with Crippen molar-refractivity contribution in [2.45, 2.75) is 0 Å². The molecule has 2 aromatic heterocycles. The van der Waals surface area contributed by atoms with Gasteiger partial charge in [0.1, 0.15) is 0 Å². The Balaban J connectivity index is 1.34. The molecule has 11 aromatic rings. The lowest BCUT2D eigenvalue weighted by atomic mass is 10.00. The molecule has 0 N–H and O–H groups in total. The summed E-state index contributed by atoms with van der Waals surface area (Å²) in [6.45, 7) is 8.83. The molecule has 0 radical (unpaired) electrons. The van der Waals surface area contributed by atoms with Crippen LogP contribution in [0.25, 0.3) is 103 Å². The van der Waals surface area contributed by atoms with Crippen LogP contribution < -0.4 is 0 Å². The van der Waals surface area contributed by atoms with Gasteiger partial charge in [-0.25, -0.2) is 4.85 Å². The van der Waals surface area contributed by atoms with Gasteiger partial charge >= 0.3 is 0 Å². The molecule has 52 heavy (non-hydrogen) atoms. The number of benzene rings is 9. The molecule has 0 spiro atoms. The van der Waals surface area contributed by atoms with Gasteiger partial charge in [0.15, 0.2) is 0 Å². The second-order valence-electron chi connectivity index (χ2n) is 13.5. The van der Waals surface area contributed by atoms with E-state index in [1.54, 1.807) is 0 Å². The first-order valence-electron chi connectivity index (χ1n) is 17.4. The van der Waals surface area contributed by atoms with Crippen LogP contribution in [0.2, 0.25) is 0 Å². The first-order valence-corrected chi connectivity index (χ1v) is 17.4. The Morgan fingerprint density at radius 2 is 0.731 bits per heavy atom. The van der Waals surface area contributed by atoms with E-state index in [1.807, 2.05) is 12.1 Å². The molecule has 2 heterocycles. The molecule has 0 fully saturated rings. The van der Waals surface area contributed by atoms with Crippen molar-refractivity contribution in [1.82, 2.24) is 9.13 Å². The number of aromatic nitrogens is 2. The van der Waals surface area contributed by atoms with Gasteiger partial charge in [-0.2, -0.15) is 5.26 Å². The molecular weight excluding hydrogens is 633 g/mol. The minimum absolute atomic E-state index is 0.485. The van der Waals surface area contributed by atoms with E-state index in [2.05, 4.69) is 166 Å². The predicted octanol–water partition coefficient (Wildman–Crippen LogP) is 12.9. The van der Waals surface area contributed by atoms with Crippen LogP contribution in [0.4, 0.5) is 5.69 Å². The highest BCUT2D eigenvalue weighted by molar-refractivity contribution is 6.30. The van der Waals surface area contributed by atoms with Gasteiger partial charge in [0, 0.05) is 21.5 Å². The monoisotopic (exact) mass is 658 g/mol. The summed E-state index contributed by atoms with van der Waals surface area (Å²) in [5, 5.41) is 24.4. The standard InChI is InChI=1S/C48H26N4/c1-50-48-42(51-38-22-18-30-10-2-6-14-34(30)44(38)45-35-15-7-3-11-31(35)19-23-39(45)51)26-29(28-49)27-43(48)52-40-24-20-32-12-4-8-16-36(32)46(40)47-37-17-9-5-13-33(37)21-25-41(47)52/h2-27H. The average Bonchev–Trinajstić information content (AvgIpc) is 3.74. The van der Waals surface area contributed by atoms with Gasteiger partial charge in [-0.15, -0.1) is 0 Å². The van der Waals surface area contributed by atoms with Crippen molar-refractivity contribution in [3.05, 3.63) is 175 Å². The molecule has 0 aliphatic rings. The molecule has 0 unspecified atom stereocenters. The van der Waals surface area contributed by atoms with Crippen LogP contribution in [-0.2, 0) is 0 Å². The summed E-state index contributed by atoms with van der Waals surface area (Å²) < 4.78 is 4.42. The fourth-order valence-electron chi connectivity index (χ4n) is 8.74. The van der Waals surface area contributed by atoms with E-state index < -0.39 is 0 Å². The first-order chi connectivity index (χ1) is 25.7. The number of rotatable bonds is 2. The lowest BCUT2D eigenvalue weighted by molar-refractivity contribution is 1.14. The summed E-state index contributed by atoms with van der Waals surface area (Å²) in [6, 6.07) is 57.5. The van der Waals surface area contributed by atoms with Gasteiger partial charge in [0.25, 0.3) is 0 Å². The number of hydrogen-bond acceptors (Lipinski definition) is 1. The van der Waals surface area contributed by atoms with Gasteiger partial charge in [0.2, 0.25) is 5.69 Å². The molecular formula is C48H26N4. The van der Waals surface area contributed by atoms with Crippen LogP contribution in [0, 0.1) is 17.9 Å². The molecule has 0 atom stereocenters. The Labute approximate surface area is 298 Å². The fraction of sp³-hybridized carbons (Fsp3) is 0. The smallest absolute Gasteiger partial charge is 0.234 e. The Morgan fingerprint density at radius 3 is 1.02 bits per heavy atom. The van der Waals surface area contributed by atoms with Crippen molar-refractivity contribution < 1.29 is 0 Å². The second-order valence-corrected chi connectivity index (χ2v) is 13.5. The maximum absolute atomic E-state index is 10.6. The van der Waals surface area contributed by atoms with E-state index >= 15 is 0 Å². The molecule has 4 heteroatoms. The highest BCUT2D eigenvalue weighted by Crippen LogP contribution is 2.46. The second kappa shape index (κ2) is 10.6. The van der Waals surface area contributed by atoms with Gasteiger partial charge in [-0.1, -0.05) is 121 Å². The zero-order chi connectivity index (χ0) is 34.5. The van der Waals surface area contributed by atoms with Gasteiger partial charge in [-0.3, -0.25) is 0 Å². The number of hydrogen-bond donors (Lipinski definition) is 0. The van der Waals surface area contributed by atoms with Crippen molar-refractivity contribution in [1.29, 1.82) is 5.26 Å². The Kier molecular flexibility index (Phi) is 5.77. The summed E-state index contributed by atoms with van der Waals surface area (Å²) in [7, 11) is 0. The highest BCUT2D eigenvalue weighted by atomic mass is 15.0. The SMILES string of the molecule is [C-]#[N+]c1c(-n2c3ccc4ccccc4c3c3c4ccccc4ccc32)cc(C#N)cc1-n1c2ccc3ccccc3c2c2c3ccccc3ccc21. The largest absolute Gasteiger partial charge is 0.319 e. The number of nitriles is 1. The third-order valence-electron chi connectivity index (χ3n) is 10.9. The molecule has 0 aliphatic carbocycles. The Hall–Kier alpha value is -7.40. The minimum atomic E-state index is 0.485. The van der Waals surface area contributed by atoms with Gasteiger partial charge in [-0.05, 0) is 79.5 Å². The maximum Gasteiger partial charge on any atom is 0.234 e. The summed E-state index contributed by atoms with van der Waals surface area (Å²) in [6.07, 6.45) is 0. The minimum Gasteiger partial charge on any atom is -0.319 e. The Morgan fingerprint density at radius 1 is 0.423 bits per heavy atom. The lowest BCUT2D eigenvalue weighted by Crippen LogP contribution is -2.01. The maximum atomic E-state index is 10.6. The summed E-state index contributed by atoms with van der Waals surface area (Å²) in [4.78, 5) is 4.33. The van der Waals surface area contributed by atoms with E-state index in [4.69, 9.17) is 6.57 Å². The lowest BCUT2D eigenvalue weighted by Gasteiger charge is -2.17. The van der Waals surface area contributed by atoms with E-state index in [0.717, 1.165) is 86.7 Å². The van der Waals surface area contributed by atoms with Crippen molar-refractivity contribution in [2.75, 3.05) is 0 Å². The summed E-state index contributed by atoms with van der Waals surface area (Å²) >= 11 is 0. The van der Waals surface area contributed by atoms with Crippen LogP contribution in [0.15, 0.2) is 158 Å². The highest BCUT2D eigenvalue weighted by Gasteiger charge is 2.24. The van der Waals surface area contributed by atoms with Crippen LogP contribution in [-0.4, -0.2) is 9.13 Å². The predicted molar refractivity (Wildman–Crippen MR) is 216 cm³/mol. The first kappa shape index (κ1) is 28.4. The van der Waals surface area contributed by atoms with E-state index in [1.165, 1.54) is 0 Å². The molecule has 238 valence electrons. The van der Waals surface area contributed by atoms with Crippen molar-refractivity contribution in [3.63, 3.8) is 0 Å². The number of nitrogens with zero attached hydrogens (tertiary/aromatic N) is 4. The zero-order valence-corrected chi connectivity index (χ0v) is 27.8. The third-order valence-corrected chi connectivity index (χ3v) is 10.9. The van der Waals surface area contributed by atoms with Crippen LogP contribution in [0.3, 0.4) is 0 Å².